The SMILES string of the molecule is CC1Oc2ccc(O)cc2N(CC(=O)O)C1=O. The molecule has 1 aromatic carbocycles. The van der Waals surface area contributed by atoms with E-state index in [1.54, 1.807) is 6.92 Å². The summed E-state index contributed by atoms with van der Waals surface area (Å²) in [6.07, 6.45) is -0.730. The summed E-state index contributed by atoms with van der Waals surface area (Å²) in [5.74, 6) is -1.23. The zero-order valence-electron chi connectivity index (χ0n) is 9.08. The lowest BCUT2D eigenvalue weighted by Gasteiger charge is -2.31. The van der Waals surface area contributed by atoms with Crippen LogP contribution in [0.2, 0.25) is 0 Å². The van der Waals surface area contributed by atoms with Gasteiger partial charge < -0.3 is 14.9 Å². The van der Waals surface area contributed by atoms with E-state index in [-0.39, 0.29) is 11.4 Å². The number of phenols is 1. The molecule has 1 unspecified atom stereocenters. The summed E-state index contributed by atoms with van der Waals surface area (Å²) < 4.78 is 5.32. The Morgan fingerprint density at radius 1 is 1.53 bits per heavy atom. The van der Waals surface area contributed by atoms with Crippen LogP contribution in [0, 0.1) is 0 Å². The van der Waals surface area contributed by atoms with Gasteiger partial charge in [-0.05, 0) is 19.1 Å². The third-order valence-electron chi connectivity index (χ3n) is 2.44. The second kappa shape index (κ2) is 3.97. The molecule has 0 saturated carbocycles. The number of hydrogen-bond acceptors (Lipinski definition) is 4. The number of fused-ring (bicyclic) bond motifs is 1. The van der Waals surface area contributed by atoms with Crippen LogP contribution in [0.3, 0.4) is 0 Å². The number of carboxylic acid groups (broad SMARTS) is 1. The van der Waals surface area contributed by atoms with E-state index in [1.807, 2.05) is 0 Å². The maximum atomic E-state index is 11.8. The molecule has 2 rings (SSSR count). The summed E-state index contributed by atoms with van der Waals surface area (Å²) in [4.78, 5) is 23.6. The van der Waals surface area contributed by atoms with Crippen molar-refractivity contribution < 1.29 is 24.5 Å². The van der Waals surface area contributed by atoms with Crippen molar-refractivity contribution in [2.45, 2.75) is 13.0 Å². The van der Waals surface area contributed by atoms with Crippen molar-refractivity contribution in [3.63, 3.8) is 0 Å². The number of amides is 1. The van der Waals surface area contributed by atoms with Crippen molar-refractivity contribution in [3.8, 4) is 11.5 Å². The predicted octanol–water partition coefficient (Wildman–Crippen LogP) is 0.591. The molecule has 1 aliphatic heterocycles. The molecule has 1 atom stereocenters. The first-order chi connectivity index (χ1) is 7.99. The van der Waals surface area contributed by atoms with E-state index in [0.717, 1.165) is 4.90 Å². The van der Waals surface area contributed by atoms with E-state index in [2.05, 4.69) is 0 Å². The molecule has 6 heteroatoms. The third-order valence-corrected chi connectivity index (χ3v) is 2.44. The number of nitrogens with zero attached hydrogens (tertiary/aromatic N) is 1. The minimum atomic E-state index is -1.12. The number of ether oxygens (including phenoxy) is 1. The van der Waals surface area contributed by atoms with Gasteiger partial charge in [0.25, 0.3) is 5.91 Å². The Hall–Kier alpha value is -2.24. The summed E-state index contributed by atoms with van der Waals surface area (Å²) in [6, 6.07) is 4.23. The van der Waals surface area contributed by atoms with Crippen molar-refractivity contribution in [1.29, 1.82) is 0 Å². The second-order valence-electron chi connectivity index (χ2n) is 3.73. The molecular weight excluding hydrogens is 226 g/mol. The number of carbonyl (C=O) groups is 2. The van der Waals surface area contributed by atoms with Gasteiger partial charge in [0, 0.05) is 6.07 Å². The molecule has 0 fully saturated rings. The van der Waals surface area contributed by atoms with Crippen LogP contribution in [-0.4, -0.2) is 34.7 Å². The summed E-state index contributed by atoms with van der Waals surface area (Å²) in [6.45, 7) is 1.09. The van der Waals surface area contributed by atoms with Crippen molar-refractivity contribution >= 4 is 17.6 Å². The summed E-state index contributed by atoms with van der Waals surface area (Å²) in [7, 11) is 0. The van der Waals surface area contributed by atoms with Crippen molar-refractivity contribution in [3.05, 3.63) is 18.2 Å². The zero-order chi connectivity index (χ0) is 12.6. The van der Waals surface area contributed by atoms with Crippen molar-refractivity contribution in [2.75, 3.05) is 11.4 Å². The van der Waals surface area contributed by atoms with Crippen LogP contribution in [0.4, 0.5) is 5.69 Å². The first-order valence-corrected chi connectivity index (χ1v) is 5.02. The molecule has 0 bridgehead atoms. The predicted molar refractivity (Wildman–Crippen MR) is 58.2 cm³/mol. The van der Waals surface area contributed by atoms with E-state index >= 15 is 0 Å². The van der Waals surface area contributed by atoms with Gasteiger partial charge in [-0.2, -0.15) is 0 Å². The topological polar surface area (TPSA) is 87.1 Å². The number of aromatic hydroxyl groups is 1. The van der Waals surface area contributed by atoms with Crippen molar-refractivity contribution in [2.24, 2.45) is 0 Å². The Labute approximate surface area is 97.0 Å². The molecule has 0 aliphatic carbocycles. The first-order valence-electron chi connectivity index (χ1n) is 5.02. The number of rotatable bonds is 2. The number of anilines is 1. The molecule has 90 valence electrons. The third kappa shape index (κ3) is 2.01. The van der Waals surface area contributed by atoms with E-state index in [4.69, 9.17) is 9.84 Å². The standard InChI is InChI=1S/C11H11NO5/c1-6-11(16)12(5-10(14)15)8-4-7(13)2-3-9(8)17-6/h2-4,6,13H,5H2,1H3,(H,14,15). The lowest BCUT2D eigenvalue weighted by molar-refractivity contribution is -0.137. The molecule has 1 aliphatic rings. The average molecular weight is 237 g/mol. The number of carbonyl (C=O) groups excluding carboxylic acids is 1. The van der Waals surface area contributed by atoms with Crippen LogP contribution in [0.15, 0.2) is 18.2 Å². The fourth-order valence-electron chi connectivity index (χ4n) is 1.69. The lowest BCUT2D eigenvalue weighted by atomic mass is 10.2. The van der Waals surface area contributed by atoms with Crippen LogP contribution in [0.5, 0.6) is 11.5 Å². The maximum Gasteiger partial charge on any atom is 0.323 e. The van der Waals surface area contributed by atoms with Gasteiger partial charge in [0.1, 0.15) is 18.0 Å². The van der Waals surface area contributed by atoms with E-state index in [9.17, 15) is 14.7 Å². The zero-order valence-corrected chi connectivity index (χ0v) is 9.08. The van der Waals surface area contributed by atoms with Gasteiger partial charge in [0.05, 0.1) is 5.69 Å². The van der Waals surface area contributed by atoms with E-state index < -0.39 is 24.5 Å². The lowest BCUT2D eigenvalue weighted by Crippen LogP contribution is -2.46. The van der Waals surface area contributed by atoms with Gasteiger partial charge in [-0.15, -0.1) is 0 Å². The molecule has 1 aromatic rings. The smallest absolute Gasteiger partial charge is 0.323 e. The Morgan fingerprint density at radius 2 is 2.24 bits per heavy atom. The quantitative estimate of drug-likeness (QED) is 0.786. The van der Waals surface area contributed by atoms with Crippen LogP contribution >= 0.6 is 0 Å². The molecule has 1 amide bonds. The Kier molecular flexibility index (Phi) is 2.63. The molecule has 1 heterocycles. The van der Waals surface area contributed by atoms with Gasteiger partial charge in [-0.3, -0.25) is 14.5 Å². The van der Waals surface area contributed by atoms with Crippen LogP contribution in [0.25, 0.3) is 0 Å². The van der Waals surface area contributed by atoms with E-state index in [1.165, 1.54) is 18.2 Å². The molecule has 0 aromatic heterocycles. The molecule has 0 spiro atoms. The highest BCUT2D eigenvalue weighted by Gasteiger charge is 2.32. The molecule has 17 heavy (non-hydrogen) atoms. The van der Waals surface area contributed by atoms with Gasteiger partial charge >= 0.3 is 5.97 Å². The normalized spacial score (nSPS) is 18.5. The van der Waals surface area contributed by atoms with Crippen molar-refractivity contribution in [1.82, 2.24) is 0 Å². The monoisotopic (exact) mass is 237 g/mol. The Morgan fingerprint density at radius 3 is 2.88 bits per heavy atom. The number of benzene rings is 1. The first kappa shape index (κ1) is 11.3. The highest BCUT2D eigenvalue weighted by Crippen LogP contribution is 2.36. The second-order valence-corrected chi connectivity index (χ2v) is 3.73. The number of carboxylic acids is 1. The largest absolute Gasteiger partial charge is 0.508 e. The molecule has 0 saturated heterocycles. The Bertz CT molecular complexity index is 485. The molecule has 2 N–H and O–H groups in total. The van der Waals surface area contributed by atoms with E-state index in [0.29, 0.717) is 5.75 Å². The number of hydrogen-bond donors (Lipinski definition) is 2. The summed E-state index contributed by atoms with van der Waals surface area (Å²) in [5.41, 5.74) is 0.274. The molecule has 0 radical (unpaired) electrons. The van der Waals surface area contributed by atoms with Gasteiger partial charge in [-0.25, -0.2) is 0 Å². The Balaban J connectivity index is 2.46. The minimum absolute atomic E-state index is 0.0508. The minimum Gasteiger partial charge on any atom is -0.508 e. The molecular formula is C11H11NO5. The summed E-state index contributed by atoms with van der Waals surface area (Å²) in [5, 5.41) is 18.1. The highest BCUT2D eigenvalue weighted by atomic mass is 16.5. The maximum absolute atomic E-state index is 11.8. The fraction of sp³-hybridized carbons (Fsp3) is 0.273. The van der Waals surface area contributed by atoms with Crippen LogP contribution in [-0.2, 0) is 9.59 Å². The van der Waals surface area contributed by atoms with Gasteiger partial charge in [0.15, 0.2) is 6.10 Å². The van der Waals surface area contributed by atoms with Gasteiger partial charge in [0.2, 0.25) is 0 Å². The van der Waals surface area contributed by atoms with Crippen LogP contribution < -0.4 is 9.64 Å². The average Bonchev–Trinajstić information content (AvgIpc) is 2.25. The fourth-order valence-corrected chi connectivity index (χ4v) is 1.69. The van der Waals surface area contributed by atoms with Crippen LogP contribution in [0.1, 0.15) is 6.92 Å². The number of phenolic OH excluding ortho intramolecular Hbond substituents is 1. The highest BCUT2D eigenvalue weighted by molar-refractivity contribution is 6.02. The molecule has 6 nitrogen and oxygen atoms in total. The summed E-state index contributed by atoms with van der Waals surface area (Å²) >= 11 is 0. The van der Waals surface area contributed by atoms with Gasteiger partial charge in [-0.1, -0.05) is 0 Å². The number of aliphatic carboxylic acids is 1.